The zero-order valence-corrected chi connectivity index (χ0v) is 64.2. The van der Waals surface area contributed by atoms with Crippen LogP contribution in [0.5, 0.6) is 23.0 Å². The van der Waals surface area contributed by atoms with E-state index in [0.717, 1.165) is 21.6 Å². The minimum Gasteiger partial charge on any atom is -0.508 e. The quantitative estimate of drug-likeness (QED) is 0.00475. The number of aromatic hydroxyl groups is 2. The van der Waals surface area contributed by atoms with Crippen LogP contribution >= 0.6 is 12.2 Å². The summed E-state index contributed by atoms with van der Waals surface area (Å²) in [5, 5.41) is 81.8. The van der Waals surface area contributed by atoms with E-state index >= 15 is 0 Å². The fraction of sp³-hybridized carbons (Fsp3) is 0.474. The van der Waals surface area contributed by atoms with Gasteiger partial charge in [-0.2, -0.15) is 0 Å². The van der Waals surface area contributed by atoms with Crippen LogP contribution in [0.3, 0.4) is 0 Å². The van der Waals surface area contributed by atoms with E-state index in [9.17, 15) is 120 Å². The number of hydrogen-bond acceptors (Lipinski definition) is 22. The molecule has 0 aliphatic carbocycles. The first kappa shape index (κ1) is 88.0. The number of benzene rings is 4. The molecule has 1 unspecified atom stereocenters. The van der Waals surface area contributed by atoms with Crippen LogP contribution in [0.15, 0.2) is 59.8 Å². The molecule has 4 aromatic rings. The fourth-order valence-electron chi connectivity index (χ4n) is 15.2. The molecule has 634 valence electrons. The van der Waals surface area contributed by atoms with E-state index < -0.39 is 235 Å². The number of carbonyl (C=O) groups is 14. The van der Waals surface area contributed by atoms with Gasteiger partial charge in [-0.25, -0.2) is 26.7 Å². The number of piperidine rings is 1. The molecule has 36 nitrogen and oxygen atoms in total. The normalized spacial score (nSPS) is 19.8. The SMILES string of the molecule is C[C@H](NC(=O)[C@@H](NC(=O)[C@@H]1CCCN1C(=O)[C@H](CCC(=O)O)NC(=O)[C@@H]1CCCN1C(=O)CCCCNC(=S)Nc1ccc2c(c1)C1(OC2=O)c2ccc(O)cc2Oc2cc(O)ccc21)[C@@H](C)O)C(=O)N1CCCCC1C(=O)N1CC[C@H](O/N=C\c2c(F)c(F)c(F)c(F)c2F)[C@H]1C(=O)N[C@@H](CCC(=O)O)C(=O)N[C@@H](CCC(=O)O)C(N)=O. The average molecular weight is 1680 g/mol. The van der Waals surface area contributed by atoms with Crippen LogP contribution in [0.25, 0.3) is 0 Å². The van der Waals surface area contributed by atoms with Gasteiger partial charge in [0.05, 0.1) is 23.4 Å². The Bertz CT molecular complexity index is 4620. The van der Waals surface area contributed by atoms with Gasteiger partial charge < -0.3 is 108 Å². The highest BCUT2D eigenvalue weighted by atomic mass is 32.1. The van der Waals surface area contributed by atoms with Crippen LogP contribution in [-0.2, 0) is 77.5 Å². The standard InChI is InChI=1S/C76H86F5N13O23S/c1-35(71(111)93-27-6-4-9-50(93)73(113)94-30-25-51(117-84-34-41-58(77)60(79)62(81)61(80)59(41)78)64(94)70(110)88-46(20-23-56(101)102)66(106)87-45(65(82)105)19-22-55(99)100)85-69(109)63(36(2)95)90-68(108)49-11-8-29-92(49)72(112)47(21-24-57(103)104)89-67(107)48-10-7-28-91(48)54(98)12-3-5-26-83-75(118)86-37-13-16-40-44(31-37)76(116-74(40)114)42-17-14-38(96)32-52(42)115-53-33-39(97)15-18-43(53)76/h13-18,31-36,45-51,63-64,95-97H,3-12,19-30H2,1-2H3,(H2,82,105)(H,85,109)(H,87,106)(H,88,110)(H,89,107)(H,90,108)(H,99,100)(H,101,102)(H,103,104)(H2,83,86,118)/b84-34-/t35-,36+,45-,46-,47-,48-,49-,50?,51-,63-,64-/m0/s1. The number of nitrogens with one attached hydrogen (secondary N) is 7. The Morgan fingerprint density at radius 3 is 1.76 bits per heavy atom. The van der Waals surface area contributed by atoms with E-state index in [2.05, 4.69) is 42.4 Å². The Morgan fingerprint density at radius 1 is 0.602 bits per heavy atom. The number of carboxylic acids is 3. The number of thiocarbonyl (C=S) groups is 1. The summed E-state index contributed by atoms with van der Waals surface area (Å²) in [6, 6.07) is -0.934. The molecule has 10 rings (SSSR count). The number of aliphatic hydroxyl groups is 1. The summed E-state index contributed by atoms with van der Waals surface area (Å²) >= 11 is 5.62. The smallest absolute Gasteiger partial charge is 0.340 e. The number of phenolic OH excluding ortho intramolecular Hbond substituents is 2. The molecule has 11 atom stereocenters. The van der Waals surface area contributed by atoms with Gasteiger partial charge >= 0.3 is 23.9 Å². The number of carbonyl (C=O) groups excluding carboxylic acids is 11. The Hall–Kier alpha value is -12.4. The number of aliphatic carboxylic acids is 3. The number of anilines is 1. The minimum atomic E-state index is -2.51. The van der Waals surface area contributed by atoms with E-state index in [4.69, 9.17) is 32.3 Å². The third-order valence-electron chi connectivity index (χ3n) is 21.1. The van der Waals surface area contributed by atoms with Gasteiger partial charge in [-0.05, 0) is 146 Å². The lowest BCUT2D eigenvalue weighted by Gasteiger charge is -2.39. The predicted octanol–water partition coefficient (Wildman–Crippen LogP) is 2.11. The van der Waals surface area contributed by atoms with Gasteiger partial charge in [0, 0.05) is 99.3 Å². The number of primary amides is 1. The van der Waals surface area contributed by atoms with Gasteiger partial charge in [0.2, 0.25) is 64.9 Å². The third kappa shape index (κ3) is 19.8. The summed E-state index contributed by atoms with van der Waals surface area (Å²) in [7, 11) is 0. The van der Waals surface area contributed by atoms with Crippen LogP contribution < -0.4 is 47.7 Å². The Balaban J connectivity index is 0.746. The molecule has 4 saturated heterocycles. The molecular weight excluding hydrogens is 1590 g/mol. The highest BCUT2D eigenvalue weighted by Gasteiger charge is 2.55. The number of unbranched alkanes of at least 4 members (excludes halogenated alkanes) is 1. The number of nitrogens with zero attached hydrogens (tertiary/aromatic N) is 5. The minimum absolute atomic E-state index is 0.0117. The van der Waals surface area contributed by atoms with Crippen molar-refractivity contribution in [2.75, 3.05) is 38.0 Å². The lowest BCUT2D eigenvalue weighted by Crippen LogP contribution is -2.62. The van der Waals surface area contributed by atoms with E-state index in [0.29, 0.717) is 41.6 Å². The third-order valence-corrected chi connectivity index (χ3v) is 21.3. The highest BCUT2D eigenvalue weighted by Crippen LogP contribution is 2.57. The van der Waals surface area contributed by atoms with Crippen molar-refractivity contribution in [2.45, 2.75) is 195 Å². The highest BCUT2D eigenvalue weighted by molar-refractivity contribution is 7.80. The number of likely N-dealkylation sites (tertiary alicyclic amines) is 4. The molecule has 15 N–H and O–H groups in total. The van der Waals surface area contributed by atoms with Gasteiger partial charge in [-0.3, -0.25) is 62.3 Å². The number of hydrogen-bond donors (Lipinski definition) is 14. The molecule has 10 amide bonds. The maximum atomic E-state index is 15.0. The van der Waals surface area contributed by atoms with Crippen molar-refractivity contribution in [3.63, 3.8) is 0 Å². The molecule has 6 aliphatic rings. The number of fused-ring (bicyclic) bond motifs is 6. The second-order valence-corrected chi connectivity index (χ2v) is 29.5. The topological polar surface area (TPSA) is 524 Å². The maximum absolute atomic E-state index is 15.0. The van der Waals surface area contributed by atoms with Crippen molar-refractivity contribution < 1.29 is 134 Å². The number of halogens is 5. The summed E-state index contributed by atoms with van der Waals surface area (Å²) < 4.78 is 83.9. The van der Waals surface area contributed by atoms with Gasteiger partial charge in [0.15, 0.2) is 46.1 Å². The molecule has 6 aliphatic heterocycles. The Morgan fingerprint density at radius 2 is 1.15 bits per heavy atom. The number of nitrogens with two attached hydrogens (primary N) is 1. The first-order chi connectivity index (χ1) is 56.0. The van der Waals surface area contributed by atoms with E-state index in [1.54, 1.807) is 30.3 Å². The molecule has 0 saturated carbocycles. The number of amides is 10. The van der Waals surface area contributed by atoms with Gasteiger partial charge in [-0.1, -0.05) is 5.16 Å². The van der Waals surface area contributed by atoms with Crippen molar-refractivity contribution in [3.8, 4) is 23.0 Å². The Kier molecular flexibility index (Phi) is 28.4. The first-order valence-corrected chi connectivity index (χ1v) is 38.3. The molecule has 0 bridgehead atoms. The number of aliphatic hydroxyl groups excluding tert-OH is 1. The van der Waals surface area contributed by atoms with Crippen molar-refractivity contribution in [1.29, 1.82) is 0 Å². The van der Waals surface area contributed by atoms with Crippen LogP contribution in [0.4, 0.5) is 27.6 Å². The lowest BCUT2D eigenvalue weighted by molar-refractivity contribution is -0.153. The monoisotopic (exact) mass is 1680 g/mol. The summed E-state index contributed by atoms with van der Waals surface area (Å²) in [5.41, 5.74) is 4.25. The molecule has 1 spiro atoms. The summed E-state index contributed by atoms with van der Waals surface area (Å²) in [5.74, 6) is -26.6. The van der Waals surface area contributed by atoms with E-state index in [1.165, 1.54) is 36.1 Å². The average Bonchev–Trinajstić information content (AvgIpc) is 1.50. The number of rotatable bonds is 33. The maximum Gasteiger partial charge on any atom is 0.340 e. The lowest BCUT2D eigenvalue weighted by atomic mass is 9.77. The van der Waals surface area contributed by atoms with Crippen LogP contribution in [0.1, 0.15) is 156 Å². The second-order valence-electron chi connectivity index (χ2n) is 29.1. The molecule has 0 aromatic heterocycles. The Labute approximate surface area is 673 Å². The number of carboxylic acid groups (broad SMARTS) is 3. The molecule has 0 radical (unpaired) electrons. The summed E-state index contributed by atoms with van der Waals surface area (Å²) in [4.78, 5) is 199. The van der Waals surface area contributed by atoms with Crippen molar-refractivity contribution in [1.82, 2.24) is 51.5 Å². The van der Waals surface area contributed by atoms with Gasteiger partial charge in [-0.15, -0.1) is 0 Å². The largest absolute Gasteiger partial charge is 0.508 e. The first-order valence-electron chi connectivity index (χ1n) is 37.8. The van der Waals surface area contributed by atoms with Crippen molar-refractivity contribution in [3.05, 3.63) is 112 Å². The molecular formula is C76H86F5N13O23S. The predicted molar refractivity (Wildman–Crippen MR) is 401 cm³/mol. The van der Waals surface area contributed by atoms with Gasteiger partial charge in [0.25, 0.3) is 0 Å². The summed E-state index contributed by atoms with van der Waals surface area (Å²) in [6.45, 7) is 2.00. The van der Waals surface area contributed by atoms with Crippen molar-refractivity contribution >= 4 is 112 Å². The molecule has 4 aromatic carbocycles. The molecule has 4 fully saturated rings. The zero-order chi connectivity index (χ0) is 85.9. The number of oxime groups is 1. The molecule has 6 heterocycles. The molecule has 118 heavy (non-hydrogen) atoms. The van der Waals surface area contributed by atoms with Crippen molar-refractivity contribution in [2.24, 2.45) is 10.9 Å². The second kappa shape index (κ2) is 38.1. The zero-order valence-electron chi connectivity index (χ0n) is 63.4. The van der Waals surface area contributed by atoms with Gasteiger partial charge in [0.1, 0.15) is 71.3 Å². The number of esters is 1. The van der Waals surface area contributed by atoms with Crippen LogP contribution in [-0.4, -0.2) is 244 Å². The van der Waals surface area contributed by atoms with E-state index in [-0.39, 0.29) is 117 Å². The van der Waals surface area contributed by atoms with E-state index in [1.807, 2.05) is 0 Å². The fourth-order valence-corrected chi connectivity index (χ4v) is 15.4. The summed E-state index contributed by atoms with van der Waals surface area (Å²) in [6.07, 6.45) is -5.89. The number of ether oxygens (including phenoxy) is 2. The number of phenols is 2. The van der Waals surface area contributed by atoms with Crippen LogP contribution in [0.2, 0.25) is 0 Å². The molecule has 42 heteroatoms. The van der Waals surface area contributed by atoms with Crippen LogP contribution in [0, 0.1) is 29.1 Å².